The maximum absolute atomic E-state index is 14.0. The lowest BCUT2D eigenvalue weighted by atomic mass is 9.94. The molecular formula is C35H40ClN3O6. The van der Waals surface area contributed by atoms with Crippen molar-refractivity contribution in [1.82, 2.24) is 15.1 Å². The maximum Gasteiger partial charge on any atom is 0.273 e. The highest BCUT2D eigenvalue weighted by atomic mass is 35.5. The molecule has 238 valence electrons. The van der Waals surface area contributed by atoms with Gasteiger partial charge in [-0.3, -0.25) is 9.89 Å². The van der Waals surface area contributed by atoms with Crippen LogP contribution in [0.25, 0.3) is 11.3 Å². The van der Waals surface area contributed by atoms with Crippen LogP contribution < -0.4 is 18.9 Å². The summed E-state index contributed by atoms with van der Waals surface area (Å²) in [6, 6.07) is 14.3. The van der Waals surface area contributed by atoms with Crippen molar-refractivity contribution >= 4 is 17.5 Å². The van der Waals surface area contributed by atoms with Gasteiger partial charge in [0.2, 0.25) is 0 Å². The van der Waals surface area contributed by atoms with E-state index in [1.807, 2.05) is 55.1 Å². The van der Waals surface area contributed by atoms with Crippen LogP contribution in [-0.2, 0) is 6.42 Å². The molecule has 5 rings (SSSR count). The number of nitrogens with one attached hydrogen (secondary N) is 1. The summed E-state index contributed by atoms with van der Waals surface area (Å²) in [6.45, 7) is 7.36. The number of amides is 1. The minimum absolute atomic E-state index is 0.0343. The first-order chi connectivity index (χ1) is 21.8. The molecule has 1 aromatic heterocycles. The number of hydrogen-bond donors (Lipinski definition) is 2. The Labute approximate surface area is 269 Å². The highest BCUT2D eigenvalue weighted by Gasteiger charge is 2.42. The van der Waals surface area contributed by atoms with E-state index in [-0.39, 0.29) is 11.7 Å². The Balaban J connectivity index is 1.57. The minimum atomic E-state index is -0.519. The number of aryl methyl sites for hydroxylation is 1. The number of rotatable bonds is 14. The number of carbonyl (C=O) groups is 1. The lowest BCUT2D eigenvalue weighted by Crippen LogP contribution is -2.31. The number of methoxy groups -OCH3 is 2. The summed E-state index contributed by atoms with van der Waals surface area (Å²) in [5.41, 5.74) is 4.52. The number of aromatic amines is 1. The van der Waals surface area contributed by atoms with Crippen LogP contribution in [0.1, 0.15) is 71.9 Å². The fourth-order valence-electron chi connectivity index (χ4n) is 5.74. The Bertz CT molecular complexity index is 1670. The van der Waals surface area contributed by atoms with E-state index in [0.29, 0.717) is 76.7 Å². The summed E-state index contributed by atoms with van der Waals surface area (Å²) in [4.78, 5) is 15.8. The zero-order valence-electron chi connectivity index (χ0n) is 26.4. The molecular weight excluding hydrogens is 594 g/mol. The Morgan fingerprint density at radius 2 is 1.73 bits per heavy atom. The van der Waals surface area contributed by atoms with Crippen molar-refractivity contribution < 1.29 is 28.8 Å². The van der Waals surface area contributed by atoms with E-state index in [1.165, 1.54) is 0 Å². The minimum Gasteiger partial charge on any atom is -0.507 e. The van der Waals surface area contributed by atoms with Gasteiger partial charge >= 0.3 is 0 Å². The molecule has 45 heavy (non-hydrogen) atoms. The first kappa shape index (κ1) is 32.0. The van der Waals surface area contributed by atoms with Crippen molar-refractivity contribution in [1.29, 1.82) is 0 Å². The Morgan fingerprint density at radius 1 is 0.956 bits per heavy atom. The zero-order valence-corrected chi connectivity index (χ0v) is 27.2. The second-order valence-corrected chi connectivity index (χ2v) is 11.4. The number of nitrogens with zero attached hydrogens (tertiary/aromatic N) is 2. The lowest BCUT2D eigenvalue weighted by Gasteiger charge is -2.27. The van der Waals surface area contributed by atoms with Gasteiger partial charge in [-0.1, -0.05) is 43.5 Å². The van der Waals surface area contributed by atoms with E-state index in [2.05, 4.69) is 17.1 Å². The molecule has 1 atom stereocenters. The summed E-state index contributed by atoms with van der Waals surface area (Å²) in [7, 11) is 3.20. The molecule has 0 saturated heterocycles. The summed E-state index contributed by atoms with van der Waals surface area (Å²) in [5.74, 6) is 2.38. The third-order valence-corrected chi connectivity index (χ3v) is 8.48. The number of phenolic OH excluding ortho intramolecular Hbond substituents is 1. The highest BCUT2D eigenvalue weighted by molar-refractivity contribution is 6.31. The van der Waals surface area contributed by atoms with E-state index in [4.69, 9.17) is 30.5 Å². The average molecular weight is 634 g/mol. The van der Waals surface area contributed by atoms with Crippen LogP contribution in [0.3, 0.4) is 0 Å². The van der Waals surface area contributed by atoms with Crippen molar-refractivity contribution in [2.75, 3.05) is 34.0 Å². The van der Waals surface area contributed by atoms with Crippen LogP contribution >= 0.6 is 11.6 Å². The van der Waals surface area contributed by atoms with Gasteiger partial charge in [0, 0.05) is 22.7 Å². The number of H-pyrrole nitrogens is 1. The van der Waals surface area contributed by atoms with Crippen LogP contribution in [0.4, 0.5) is 0 Å². The Hall–Kier alpha value is -4.37. The SMILES string of the molecule is CCCCCOc1ccc(C2c3c(-c4cc(Cl)c(C)cc4O)n[nH]c3C(=O)N2CCc2ccc(OC)c(OC)c2)cc1OCC. The molecule has 0 spiro atoms. The molecule has 0 radical (unpaired) electrons. The van der Waals surface area contributed by atoms with Crippen LogP contribution in [-0.4, -0.2) is 60.1 Å². The van der Waals surface area contributed by atoms with Gasteiger partial charge in [-0.05, 0) is 79.8 Å². The number of unbranched alkanes of at least 4 members (excludes halogenated alkanes) is 2. The molecule has 0 aliphatic carbocycles. The predicted octanol–water partition coefficient (Wildman–Crippen LogP) is 7.52. The van der Waals surface area contributed by atoms with Crippen molar-refractivity contribution in [3.8, 4) is 40.0 Å². The summed E-state index contributed by atoms with van der Waals surface area (Å²) in [5, 5.41) is 18.9. The monoisotopic (exact) mass is 633 g/mol. The maximum atomic E-state index is 14.0. The van der Waals surface area contributed by atoms with E-state index >= 15 is 0 Å². The highest BCUT2D eigenvalue weighted by Crippen LogP contribution is 2.47. The zero-order chi connectivity index (χ0) is 32.1. The summed E-state index contributed by atoms with van der Waals surface area (Å²) in [6.07, 6.45) is 3.71. The molecule has 2 N–H and O–H groups in total. The average Bonchev–Trinajstić information content (AvgIpc) is 3.58. The lowest BCUT2D eigenvalue weighted by molar-refractivity contribution is 0.0745. The van der Waals surface area contributed by atoms with Crippen molar-refractivity contribution in [2.45, 2.75) is 52.5 Å². The van der Waals surface area contributed by atoms with E-state index in [0.717, 1.165) is 36.0 Å². The molecule has 9 nitrogen and oxygen atoms in total. The van der Waals surface area contributed by atoms with Crippen molar-refractivity contribution in [3.63, 3.8) is 0 Å². The fourth-order valence-corrected chi connectivity index (χ4v) is 5.90. The van der Waals surface area contributed by atoms with Gasteiger partial charge in [0.1, 0.15) is 17.1 Å². The van der Waals surface area contributed by atoms with Gasteiger partial charge in [0.25, 0.3) is 5.91 Å². The Kier molecular flexibility index (Phi) is 10.1. The van der Waals surface area contributed by atoms with Gasteiger partial charge in [-0.15, -0.1) is 0 Å². The number of halogens is 1. The molecule has 1 amide bonds. The van der Waals surface area contributed by atoms with Crippen LogP contribution in [0.2, 0.25) is 5.02 Å². The van der Waals surface area contributed by atoms with E-state index in [1.54, 1.807) is 26.4 Å². The summed E-state index contributed by atoms with van der Waals surface area (Å²) >= 11 is 6.49. The number of phenols is 1. The van der Waals surface area contributed by atoms with Crippen LogP contribution in [0.15, 0.2) is 48.5 Å². The third-order valence-electron chi connectivity index (χ3n) is 8.07. The van der Waals surface area contributed by atoms with Gasteiger partial charge in [0.15, 0.2) is 23.0 Å². The normalized spacial score (nSPS) is 14.0. The third kappa shape index (κ3) is 6.54. The van der Waals surface area contributed by atoms with Gasteiger partial charge in [-0.25, -0.2) is 0 Å². The number of aromatic nitrogens is 2. The molecule has 3 aromatic carbocycles. The van der Waals surface area contributed by atoms with Crippen LogP contribution in [0.5, 0.6) is 28.7 Å². The van der Waals surface area contributed by atoms with Gasteiger partial charge < -0.3 is 29.0 Å². The topological polar surface area (TPSA) is 106 Å². The van der Waals surface area contributed by atoms with Crippen LogP contribution in [0, 0.1) is 6.92 Å². The molecule has 2 heterocycles. The molecule has 0 saturated carbocycles. The largest absolute Gasteiger partial charge is 0.507 e. The molecule has 1 aliphatic heterocycles. The second-order valence-electron chi connectivity index (χ2n) is 11.0. The number of benzene rings is 3. The first-order valence-corrected chi connectivity index (χ1v) is 15.7. The smallest absolute Gasteiger partial charge is 0.273 e. The van der Waals surface area contributed by atoms with Gasteiger partial charge in [0.05, 0.1) is 33.5 Å². The standard InChI is InChI=1S/C35H40ClN3O6/c1-6-8-9-16-45-28-13-11-23(19-30(28)44-7-2)34-31-32(24-20-25(36)21(3)17-26(24)40)37-38-33(31)35(41)39(34)15-14-22-10-12-27(42-4)29(18-22)43-5/h10-13,17-20,34,40H,6-9,14-16H2,1-5H3,(H,37,38). The van der Waals surface area contributed by atoms with Crippen molar-refractivity contribution in [3.05, 3.63) is 81.5 Å². The molecule has 4 aromatic rings. The quantitative estimate of drug-likeness (QED) is 0.138. The number of ether oxygens (including phenoxy) is 4. The first-order valence-electron chi connectivity index (χ1n) is 15.3. The number of hydrogen-bond acceptors (Lipinski definition) is 7. The van der Waals surface area contributed by atoms with E-state index in [9.17, 15) is 9.90 Å². The number of carbonyl (C=O) groups excluding carboxylic acids is 1. The number of aromatic hydroxyl groups is 1. The van der Waals surface area contributed by atoms with Crippen molar-refractivity contribution in [2.24, 2.45) is 0 Å². The summed E-state index contributed by atoms with van der Waals surface area (Å²) < 4.78 is 23.0. The molecule has 0 fully saturated rings. The molecule has 10 heteroatoms. The molecule has 1 aliphatic rings. The van der Waals surface area contributed by atoms with E-state index < -0.39 is 6.04 Å². The molecule has 0 bridgehead atoms. The van der Waals surface area contributed by atoms with Gasteiger partial charge in [-0.2, -0.15) is 5.10 Å². The Morgan fingerprint density at radius 3 is 2.47 bits per heavy atom. The molecule has 1 unspecified atom stereocenters. The predicted molar refractivity (Wildman–Crippen MR) is 174 cm³/mol. The fraction of sp³-hybridized carbons (Fsp3) is 0.371. The number of fused-ring (bicyclic) bond motifs is 1. The second kappa shape index (κ2) is 14.2.